The standard InChI is InChI=1S/C14H15NO/c1-16-12-4-2-11(3-5-12)14(10-15)8-13(9-14)6-7-13/h2-5H,6-9H2,1H3. The maximum atomic E-state index is 9.40. The van der Waals surface area contributed by atoms with Gasteiger partial charge in [-0.3, -0.25) is 0 Å². The van der Waals surface area contributed by atoms with Crippen LogP contribution in [0.2, 0.25) is 0 Å². The van der Waals surface area contributed by atoms with Crippen LogP contribution in [0.1, 0.15) is 31.2 Å². The van der Waals surface area contributed by atoms with Gasteiger partial charge in [0.05, 0.1) is 18.6 Å². The van der Waals surface area contributed by atoms with E-state index in [1.807, 2.05) is 24.3 Å². The van der Waals surface area contributed by atoms with Crippen molar-refractivity contribution in [2.24, 2.45) is 5.41 Å². The summed E-state index contributed by atoms with van der Waals surface area (Å²) in [6, 6.07) is 10.5. The van der Waals surface area contributed by atoms with Crippen LogP contribution >= 0.6 is 0 Å². The van der Waals surface area contributed by atoms with Crippen molar-refractivity contribution in [1.29, 1.82) is 5.26 Å². The van der Waals surface area contributed by atoms with E-state index in [0.29, 0.717) is 5.41 Å². The second-order valence-corrected chi connectivity index (χ2v) is 5.28. The molecule has 0 N–H and O–H groups in total. The van der Waals surface area contributed by atoms with Crippen LogP contribution in [0.4, 0.5) is 0 Å². The Kier molecular flexibility index (Phi) is 1.83. The first-order valence-electron chi connectivity index (χ1n) is 5.78. The highest BCUT2D eigenvalue weighted by atomic mass is 16.5. The van der Waals surface area contributed by atoms with Crippen molar-refractivity contribution in [1.82, 2.24) is 0 Å². The van der Waals surface area contributed by atoms with Crippen molar-refractivity contribution < 1.29 is 4.74 Å². The lowest BCUT2D eigenvalue weighted by Crippen LogP contribution is -2.41. The molecule has 2 nitrogen and oxygen atoms in total. The first kappa shape index (κ1) is 9.72. The number of ether oxygens (including phenoxy) is 1. The molecule has 16 heavy (non-hydrogen) atoms. The van der Waals surface area contributed by atoms with Crippen LogP contribution in [0.25, 0.3) is 0 Å². The minimum absolute atomic E-state index is 0.206. The summed E-state index contributed by atoms with van der Waals surface area (Å²) < 4.78 is 5.14. The number of methoxy groups -OCH3 is 1. The van der Waals surface area contributed by atoms with Gasteiger partial charge in [0.1, 0.15) is 5.75 Å². The quantitative estimate of drug-likeness (QED) is 0.756. The molecule has 2 heteroatoms. The van der Waals surface area contributed by atoms with Crippen molar-refractivity contribution in [3.63, 3.8) is 0 Å². The molecular formula is C14H15NO. The molecule has 0 aliphatic heterocycles. The zero-order valence-electron chi connectivity index (χ0n) is 9.49. The van der Waals surface area contributed by atoms with Gasteiger partial charge in [-0.15, -0.1) is 0 Å². The highest BCUT2D eigenvalue weighted by Gasteiger charge is 2.61. The number of nitriles is 1. The lowest BCUT2D eigenvalue weighted by molar-refractivity contribution is 0.173. The Morgan fingerprint density at radius 2 is 1.81 bits per heavy atom. The van der Waals surface area contributed by atoms with Crippen molar-refractivity contribution in [3.8, 4) is 11.8 Å². The molecule has 0 unspecified atom stereocenters. The minimum Gasteiger partial charge on any atom is -0.497 e. The lowest BCUT2D eigenvalue weighted by atomic mass is 9.57. The van der Waals surface area contributed by atoms with Gasteiger partial charge in [-0.1, -0.05) is 12.1 Å². The van der Waals surface area contributed by atoms with Gasteiger partial charge < -0.3 is 4.74 Å². The SMILES string of the molecule is COc1ccc(C2(C#N)CC3(CC3)C2)cc1. The molecule has 2 saturated carbocycles. The van der Waals surface area contributed by atoms with Crippen LogP contribution in [0.15, 0.2) is 24.3 Å². The highest BCUT2D eigenvalue weighted by molar-refractivity contribution is 5.41. The van der Waals surface area contributed by atoms with Gasteiger partial charge in [0.15, 0.2) is 0 Å². The third kappa shape index (κ3) is 1.24. The summed E-state index contributed by atoms with van der Waals surface area (Å²) >= 11 is 0. The van der Waals surface area contributed by atoms with Crippen LogP contribution < -0.4 is 4.74 Å². The van der Waals surface area contributed by atoms with E-state index in [9.17, 15) is 5.26 Å². The van der Waals surface area contributed by atoms with Crippen molar-refractivity contribution in [2.75, 3.05) is 7.11 Å². The molecule has 0 aromatic heterocycles. The van der Waals surface area contributed by atoms with Crippen molar-refractivity contribution >= 4 is 0 Å². The zero-order chi connectivity index (χ0) is 11.2. The predicted molar refractivity (Wildman–Crippen MR) is 61.2 cm³/mol. The lowest BCUT2D eigenvalue weighted by Gasteiger charge is -2.44. The van der Waals surface area contributed by atoms with E-state index in [4.69, 9.17) is 4.74 Å². The van der Waals surface area contributed by atoms with E-state index >= 15 is 0 Å². The Morgan fingerprint density at radius 1 is 1.19 bits per heavy atom. The second kappa shape index (κ2) is 3.01. The van der Waals surface area contributed by atoms with Gasteiger partial charge in [-0.25, -0.2) is 0 Å². The smallest absolute Gasteiger partial charge is 0.118 e. The summed E-state index contributed by atoms with van der Waals surface area (Å²) in [5, 5.41) is 9.40. The molecular weight excluding hydrogens is 198 g/mol. The third-order valence-electron chi connectivity index (χ3n) is 4.17. The molecule has 1 spiro atoms. The topological polar surface area (TPSA) is 33.0 Å². The zero-order valence-corrected chi connectivity index (χ0v) is 9.49. The van der Waals surface area contributed by atoms with Crippen LogP contribution in [0, 0.1) is 16.7 Å². The fourth-order valence-corrected chi connectivity index (χ4v) is 3.02. The number of nitrogens with zero attached hydrogens (tertiary/aromatic N) is 1. The Balaban J connectivity index is 1.87. The Labute approximate surface area is 95.8 Å². The van der Waals surface area contributed by atoms with E-state index in [1.165, 1.54) is 12.8 Å². The van der Waals surface area contributed by atoms with Gasteiger partial charge in [-0.2, -0.15) is 5.26 Å². The van der Waals surface area contributed by atoms with Gasteiger partial charge in [-0.05, 0) is 48.8 Å². The molecule has 0 atom stereocenters. The molecule has 3 rings (SSSR count). The summed E-state index contributed by atoms with van der Waals surface area (Å²) in [5.41, 5.74) is 1.51. The molecule has 2 aliphatic carbocycles. The van der Waals surface area contributed by atoms with E-state index < -0.39 is 0 Å². The normalized spacial score (nSPS) is 23.2. The predicted octanol–water partition coefficient (Wildman–Crippen LogP) is 3.03. The summed E-state index contributed by atoms with van der Waals surface area (Å²) in [4.78, 5) is 0. The van der Waals surface area contributed by atoms with Crippen LogP contribution in [0.3, 0.4) is 0 Å². The van der Waals surface area contributed by atoms with Gasteiger partial charge in [0, 0.05) is 0 Å². The number of hydrogen-bond donors (Lipinski definition) is 0. The summed E-state index contributed by atoms with van der Waals surface area (Å²) in [6.45, 7) is 0. The first-order chi connectivity index (χ1) is 7.72. The van der Waals surface area contributed by atoms with E-state index in [2.05, 4.69) is 6.07 Å². The van der Waals surface area contributed by atoms with E-state index in [0.717, 1.165) is 24.2 Å². The summed E-state index contributed by atoms with van der Waals surface area (Å²) in [5.74, 6) is 0.859. The van der Waals surface area contributed by atoms with E-state index in [1.54, 1.807) is 7.11 Å². The van der Waals surface area contributed by atoms with Crippen molar-refractivity contribution in [3.05, 3.63) is 29.8 Å². The average molecular weight is 213 g/mol. The Morgan fingerprint density at radius 3 is 2.25 bits per heavy atom. The molecule has 0 bridgehead atoms. The van der Waals surface area contributed by atoms with Gasteiger partial charge in [0.25, 0.3) is 0 Å². The van der Waals surface area contributed by atoms with Gasteiger partial charge >= 0.3 is 0 Å². The molecule has 0 heterocycles. The number of hydrogen-bond acceptors (Lipinski definition) is 2. The number of rotatable bonds is 2. The van der Waals surface area contributed by atoms with E-state index in [-0.39, 0.29) is 5.41 Å². The maximum absolute atomic E-state index is 9.40. The Hall–Kier alpha value is -1.49. The fraction of sp³-hybridized carbons (Fsp3) is 0.500. The summed E-state index contributed by atoms with van der Waals surface area (Å²) in [6.07, 6.45) is 4.77. The maximum Gasteiger partial charge on any atom is 0.118 e. The molecule has 2 aliphatic rings. The molecule has 0 amide bonds. The molecule has 82 valence electrons. The molecule has 2 fully saturated rings. The highest BCUT2D eigenvalue weighted by Crippen LogP contribution is 2.68. The van der Waals surface area contributed by atoms with Crippen LogP contribution in [0.5, 0.6) is 5.75 Å². The summed E-state index contributed by atoms with van der Waals surface area (Å²) in [7, 11) is 1.66. The van der Waals surface area contributed by atoms with Crippen molar-refractivity contribution in [2.45, 2.75) is 31.1 Å². The molecule has 1 aromatic rings. The third-order valence-corrected chi connectivity index (χ3v) is 4.17. The molecule has 0 saturated heterocycles. The van der Waals surface area contributed by atoms with Gasteiger partial charge in [0.2, 0.25) is 0 Å². The first-order valence-corrected chi connectivity index (χ1v) is 5.78. The van der Waals surface area contributed by atoms with Crippen LogP contribution in [-0.4, -0.2) is 7.11 Å². The Bertz CT molecular complexity index is 443. The van der Waals surface area contributed by atoms with Crippen LogP contribution in [-0.2, 0) is 5.41 Å². The largest absolute Gasteiger partial charge is 0.497 e. The second-order valence-electron chi connectivity index (χ2n) is 5.28. The average Bonchev–Trinajstić information content (AvgIpc) is 3.07. The monoisotopic (exact) mass is 213 g/mol. The number of benzene rings is 1. The molecule has 0 radical (unpaired) electrons. The molecule has 1 aromatic carbocycles. The minimum atomic E-state index is -0.206. The fourth-order valence-electron chi connectivity index (χ4n) is 3.02.